The third-order valence-corrected chi connectivity index (χ3v) is 7.25. The number of methoxy groups -OCH3 is 1. The van der Waals surface area contributed by atoms with Gasteiger partial charge < -0.3 is 4.74 Å². The highest BCUT2D eigenvalue weighted by atomic mass is 19.1. The third kappa shape index (κ3) is 5.24. The van der Waals surface area contributed by atoms with E-state index in [1.807, 2.05) is 6.92 Å². The molecule has 1 saturated carbocycles. The average Bonchev–Trinajstić information content (AvgIpc) is 3.06. The molecule has 5 heteroatoms. The van der Waals surface area contributed by atoms with E-state index in [-0.39, 0.29) is 24.5 Å². The maximum absolute atomic E-state index is 14.2. The van der Waals surface area contributed by atoms with Gasteiger partial charge in [0, 0.05) is 7.11 Å². The Balaban J connectivity index is 2.14. The molecule has 1 fully saturated rings. The van der Waals surface area contributed by atoms with Gasteiger partial charge in [0.1, 0.15) is 12.0 Å². The van der Waals surface area contributed by atoms with Crippen LogP contribution in [0.4, 0.5) is 4.39 Å². The van der Waals surface area contributed by atoms with Crippen LogP contribution in [0.1, 0.15) is 76.5 Å². The van der Waals surface area contributed by atoms with Crippen LogP contribution in [0.2, 0.25) is 0 Å². The van der Waals surface area contributed by atoms with Gasteiger partial charge in [-0.3, -0.25) is 9.69 Å². The van der Waals surface area contributed by atoms with Crippen LogP contribution in [0, 0.1) is 18.8 Å². The zero-order chi connectivity index (χ0) is 24.3. The fraction of sp³-hybridized carbons (Fsp3) is 0.643. The summed E-state index contributed by atoms with van der Waals surface area (Å²) >= 11 is 0. The lowest BCUT2D eigenvalue weighted by Gasteiger charge is -2.39. The summed E-state index contributed by atoms with van der Waals surface area (Å²) in [5.74, 6) is 1.08. The summed E-state index contributed by atoms with van der Waals surface area (Å²) in [4.78, 5) is 20.9. The molecule has 3 rings (SSSR count). The summed E-state index contributed by atoms with van der Waals surface area (Å²) in [6, 6.07) is 6.48. The van der Waals surface area contributed by atoms with Crippen molar-refractivity contribution < 1.29 is 13.9 Å². The second-order valence-corrected chi connectivity index (χ2v) is 10.5. The summed E-state index contributed by atoms with van der Waals surface area (Å²) in [6.45, 7) is 13.9. The summed E-state index contributed by atoms with van der Waals surface area (Å²) in [5.41, 5.74) is 2.93. The number of ether oxygens (including phenoxy) is 1. The number of aliphatic imine (C=N–C) groups is 1. The van der Waals surface area contributed by atoms with E-state index in [9.17, 15) is 9.18 Å². The first-order valence-electron chi connectivity index (χ1n) is 12.4. The second kappa shape index (κ2) is 10.5. The van der Waals surface area contributed by atoms with E-state index in [2.05, 4.69) is 45.5 Å². The number of halogens is 1. The van der Waals surface area contributed by atoms with Gasteiger partial charge in [-0.25, -0.2) is 9.38 Å². The highest BCUT2D eigenvalue weighted by molar-refractivity contribution is 6.15. The van der Waals surface area contributed by atoms with Crippen molar-refractivity contribution in [3.05, 3.63) is 47.0 Å². The Labute approximate surface area is 199 Å². The van der Waals surface area contributed by atoms with Crippen molar-refractivity contribution in [2.75, 3.05) is 13.7 Å². The first-order chi connectivity index (χ1) is 15.6. The first-order valence-corrected chi connectivity index (χ1v) is 12.4. The molecule has 4 nitrogen and oxygen atoms in total. The van der Waals surface area contributed by atoms with Crippen molar-refractivity contribution in [2.45, 2.75) is 91.0 Å². The van der Waals surface area contributed by atoms with E-state index in [0.29, 0.717) is 17.3 Å². The van der Waals surface area contributed by atoms with Gasteiger partial charge in [-0.05, 0) is 93.4 Å². The van der Waals surface area contributed by atoms with Gasteiger partial charge >= 0.3 is 0 Å². The number of amides is 1. The van der Waals surface area contributed by atoms with E-state index < -0.39 is 11.7 Å². The van der Waals surface area contributed by atoms with Crippen molar-refractivity contribution in [3.63, 3.8) is 0 Å². The molecule has 0 aromatic heterocycles. The molecule has 1 aromatic carbocycles. The van der Waals surface area contributed by atoms with E-state index >= 15 is 0 Å². The molecule has 182 valence electrons. The molecular formula is C28H41FN2O2. The minimum absolute atomic E-state index is 0.00573. The number of alkyl halides is 1. The zero-order valence-corrected chi connectivity index (χ0v) is 21.3. The van der Waals surface area contributed by atoms with Crippen molar-refractivity contribution in [1.29, 1.82) is 0 Å². The number of rotatable bonds is 9. The summed E-state index contributed by atoms with van der Waals surface area (Å²) < 4.78 is 19.8. The van der Waals surface area contributed by atoms with Crippen LogP contribution in [0.3, 0.4) is 0 Å². The zero-order valence-electron chi connectivity index (χ0n) is 21.3. The van der Waals surface area contributed by atoms with Crippen LogP contribution in [0.25, 0.3) is 0 Å². The quantitative estimate of drug-likeness (QED) is 0.447. The van der Waals surface area contributed by atoms with Gasteiger partial charge in [0.2, 0.25) is 0 Å². The average molecular weight is 457 g/mol. The first kappa shape index (κ1) is 25.6. The summed E-state index contributed by atoms with van der Waals surface area (Å²) in [5, 5.41) is 0. The molecule has 1 amide bonds. The smallest absolute Gasteiger partial charge is 0.261 e. The monoisotopic (exact) mass is 456 g/mol. The largest absolute Gasteiger partial charge is 0.381 e. The minimum Gasteiger partial charge on any atom is -0.381 e. The lowest BCUT2D eigenvalue weighted by molar-refractivity contribution is -0.135. The van der Waals surface area contributed by atoms with E-state index in [4.69, 9.17) is 9.73 Å². The topological polar surface area (TPSA) is 41.9 Å². The number of carbonyl (C=O) groups is 1. The SMILES string of the molecule is C=C(C)C1=NC(c2cc(CCC(C)C)ccc2C)(C2CCC(OC)CC2)C(=O)N1CC(C)F. The van der Waals surface area contributed by atoms with Crippen molar-refractivity contribution in [3.8, 4) is 0 Å². The fourth-order valence-electron chi connectivity index (χ4n) is 5.39. The molecule has 1 aliphatic heterocycles. The molecule has 0 N–H and O–H groups in total. The summed E-state index contributed by atoms with van der Waals surface area (Å²) in [6.07, 6.45) is 4.65. The number of aryl methyl sites for hydroxylation is 2. The van der Waals surface area contributed by atoms with Gasteiger partial charge in [-0.1, -0.05) is 38.6 Å². The third-order valence-electron chi connectivity index (χ3n) is 7.25. The van der Waals surface area contributed by atoms with Crippen LogP contribution in [0.15, 0.2) is 35.3 Å². The predicted molar refractivity (Wildman–Crippen MR) is 133 cm³/mol. The molecule has 1 aromatic rings. The van der Waals surface area contributed by atoms with Crippen LogP contribution < -0.4 is 0 Å². The minimum atomic E-state index is -1.14. The van der Waals surface area contributed by atoms with Gasteiger partial charge in [0.05, 0.1) is 12.6 Å². The van der Waals surface area contributed by atoms with Gasteiger partial charge in [0.25, 0.3) is 5.91 Å². The van der Waals surface area contributed by atoms with Crippen molar-refractivity contribution in [1.82, 2.24) is 4.90 Å². The number of hydrogen-bond donors (Lipinski definition) is 0. The number of benzene rings is 1. The lowest BCUT2D eigenvalue weighted by atomic mass is 9.69. The van der Waals surface area contributed by atoms with Gasteiger partial charge in [-0.2, -0.15) is 0 Å². The molecule has 0 radical (unpaired) electrons. The Hall–Kier alpha value is -2.01. The molecule has 0 bridgehead atoms. The highest BCUT2D eigenvalue weighted by Gasteiger charge is 2.55. The Bertz CT molecular complexity index is 899. The van der Waals surface area contributed by atoms with Crippen LogP contribution in [0.5, 0.6) is 0 Å². The van der Waals surface area contributed by atoms with Gasteiger partial charge in [0.15, 0.2) is 5.54 Å². The normalized spacial score (nSPS) is 26.6. The molecule has 1 aliphatic carbocycles. The van der Waals surface area contributed by atoms with Crippen LogP contribution in [-0.4, -0.2) is 42.6 Å². The van der Waals surface area contributed by atoms with E-state index in [1.165, 1.54) is 12.5 Å². The van der Waals surface area contributed by atoms with E-state index in [0.717, 1.165) is 49.7 Å². The molecule has 0 spiro atoms. The standard InChI is InChI=1S/C28H41FN2O2/c1-18(2)8-10-22-11-9-20(5)25(16-22)28(23-12-14-24(33-7)15-13-23)27(32)31(17-21(6)29)26(30-28)19(3)4/h9,11,16,18,21,23-24H,3,8,10,12-15,17H2,1-2,4-7H3. The molecular weight excluding hydrogens is 415 g/mol. The maximum atomic E-state index is 14.2. The molecule has 2 aliphatic rings. The number of nitrogens with zero attached hydrogens (tertiary/aromatic N) is 2. The van der Waals surface area contributed by atoms with Crippen LogP contribution >= 0.6 is 0 Å². The molecule has 2 atom stereocenters. The maximum Gasteiger partial charge on any atom is 0.261 e. The predicted octanol–water partition coefficient (Wildman–Crippen LogP) is 6.16. The Morgan fingerprint density at radius 2 is 1.94 bits per heavy atom. The van der Waals surface area contributed by atoms with Crippen LogP contribution in [-0.2, 0) is 21.5 Å². The highest BCUT2D eigenvalue weighted by Crippen LogP contribution is 2.48. The second-order valence-electron chi connectivity index (χ2n) is 10.5. The Morgan fingerprint density at radius 3 is 2.48 bits per heavy atom. The van der Waals surface area contributed by atoms with Crippen molar-refractivity contribution in [2.24, 2.45) is 16.8 Å². The molecule has 0 saturated heterocycles. The number of carbonyl (C=O) groups excluding carboxylic acids is 1. The Morgan fingerprint density at radius 1 is 1.27 bits per heavy atom. The molecule has 1 heterocycles. The number of hydrogen-bond acceptors (Lipinski definition) is 3. The van der Waals surface area contributed by atoms with Gasteiger partial charge in [-0.15, -0.1) is 0 Å². The molecule has 33 heavy (non-hydrogen) atoms. The number of amidine groups is 1. The molecule has 2 unspecified atom stereocenters. The summed E-state index contributed by atoms with van der Waals surface area (Å²) in [7, 11) is 1.76. The van der Waals surface area contributed by atoms with E-state index in [1.54, 1.807) is 12.0 Å². The van der Waals surface area contributed by atoms with Crippen molar-refractivity contribution >= 4 is 11.7 Å². The fourth-order valence-corrected chi connectivity index (χ4v) is 5.39. The lowest BCUT2D eigenvalue weighted by Crippen LogP contribution is -2.48. The Kier molecular flexibility index (Phi) is 8.15.